The van der Waals surface area contributed by atoms with Crippen molar-refractivity contribution >= 4 is 45.2 Å². The van der Waals surface area contributed by atoms with E-state index in [4.69, 9.17) is 0 Å². The summed E-state index contributed by atoms with van der Waals surface area (Å²) in [5, 5.41) is 4.89. The van der Waals surface area contributed by atoms with Crippen LogP contribution in [-0.4, -0.2) is 36.3 Å². The number of likely N-dealkylation sites (N-methyl/N-ethyl adjacent to an activating group) is 1. The maximum atomic E-state index is 11.8. The summed E-state index contributed by atoms with van der Waals surface area (Å²) in [6.07, 6.45) is 4.55. The van der Waals surface area contributed by atoms with Crippen LogP contribution in [0, 0.1) is 0 Å². The van der Waals surface area contributed by atoms with Gasteiger partial charge in [-0.05, 0) is 34.5 Å². The van der Waals surface area contributed by atoms with Crippen LogP contribution in [0.3, 0.4) is 0 Å². The standard InChI is InChI=1S/C13H15BrN2O2S/c1-16-7-10(2-5-13(16)18)15-12(17)4-3-11-6-9(14)8-19-11/h3-4,6,8,10H,2,5,7H2,1H3,(H,15,17)/b4-3+/t10-/m0/s1. The molecule has 1 aliphatic heterocycles. The first-order chi connectivity index (χ1) is 9.04. The quantitative estimate of drug-likeness (QED) is 0.856. The molecule has 102 valence electrons. The normalized spacial score (nSPS) is 20.0. The van der Waals surface area contributed by atoms with E-state index in [9.17, 15) is 9.59 Å². The van der Waals surface area contributed by atoms with Gasteiger partial charge in [-0.25, -0.2) is 0 Å². The van der Waals surface area contributed by atoms with E-state index in [1.54, 1.807) is 29.4 Å². The molecule has 6 heteroatoms. The Hall–Kier alpha value is -1.14. The molecule has 1 aliphatic rings. The molecule has 2 rings (SSSR count). The van der Waals surface area contributed by atoms with E-state index in [2.05, 4.69) is 21.2 Å². The fraction of sp³-hybridized carbons (Fsp3) is 0.385. The second-order valence-corrected chi connectivity index (χ2v) is 6.38. The zero-order chi connectivity index (χ0) is 13.8. The molecular weight excluding hydrogens is 328 g/mol. The van der Waals surface area contributed by atoms with Crippen LogP contribution in [0.25, 0.3) is 6.08 Å². The summed E-state index contributed by atoms with van der Waals surface area (Å²) in [6, 6.07) is 2.01. The first-order valence-corrected chi connectivity index (χ1v) is 7.68. The van der Waals surface area contributed by atoms with Gasteiger partial charge < -0.3 is 10.2 Å². The summed E-state index contributed by atoms with van der Waals surface area (Å²) in [4.78, 5) is 25.8. The highest BCUT2D eigenvalue weighted by Crippen LogP contribution is 2.20. The molecule has 0 aliphatic carbocycles. The number of nitrogens with one attached hydrogen (secondary N) is 1. The van der Waals surface area contributed by atoms with E-state index >= 15 is 0 Å². The number of rotatable bonds is 3. The van der Waals surface area contributed by atoms with Crippen molar-refractivity contribution in [3.05, 3.63) is 26.9 Å². The van der Waals surface area contributed by atoms with Crippen LogP contribution in [0.15, 0.2) is 22.0 Å². The van der Waals surface area contributed by atoms with Crippen molar-refractivity contribution in [1.82, 2.24) is 10.2 Å². The lowest BCUT2D eigenvalue weighted by Crippen LogP contribution is -2.48. The van der Waals surface area contributed by atoms with Crippen LogP contribution in [0.5, 0.6) is 0 Å². The molecule has 1 aromatic heterocycles. The fourth-order valence-corrected chi connectivity index (χ4v) is 3.29. The second-order valence-electron chi connectivity index (χ2n) is 4.52. The number of nitrogens with zero attached hydrogens (tertiary/aromatic N) is 1. The third-order valence-electron chi connectivity index (χ3n) is 2.96. The van der Waals surface area contributed by atoms with Crippen LogP contribution in [0.4, 0.5) is 0 Å². The number of hydrogen-bond acceptors (Lipinski definition) is 3. The van der Waals surface area contributed by atoms with Gasteiger partial charge in [0.15, 0.2) is 0 Å². The molecule has 0 bridgehead atoms. The Kier molecular flexibility index (Phi) is 4.76. The van der Waals surface area contributed by atoms with Crippen molar-refractivity contribution in [2.24, 2.45) is 0 Å². The predicted molar refractivity (Wildman–Crippen MR) is 79.9 cm³/mol. The number of thiophene rings is 1. The number of carbonyl (C=O) groups excluding carboxylic acids is 2. The van der Waals surface area contributed by atoms with Crippen LogP contribution in [0.1, 0.15) is 17.7 Å². The van der Waals surface area contributed by atoms with Crippen LogP contribution < -0.4 is 5.32 Å². The van der Waals surface area contributed by atoms with Gasteiger partial charge in [0.05, 0.1) is 0 Å². The molecule has 1 N–H and O–H groups in total. The summed E-state index contributed by atoms with van der Waals surface area (Å²) >= 11 is 4.94. The topological polar surface area (TPSA) is 49.4 Å². The average Bonchev–Trinajstić information content (AvgIpc) is 2.77. The van der Waals surface area contributed by atoms with Gasteiger partial charge in [0, 0.05) is 46.9 Å². The number of halogens is 1. The lowest BCUT2D eigenvalue weighted by molar-refractivity contribution is -0.133. The summed E-state index contributed by atoms with van der Waals surface area (Å²) in [6.45, 7) is 0.586. The Morgan fingerprint density at radius 3 is 3.05 bits per heavy atom. The van der Waals surface area contributed by atoms with Crippen molar-refractivity contribution < 1.29 is 9.59 Å². The molecule has 1 atom stereocenters. The van der Waals surface area contributed by atoms with Gasteiger partial charge in [-0.3, -0.25) is 9.59 Å². The third kappa shape index (κ3) is 4.18. The largest absolute Gasteiger partial charge is 0.348 e. The molecule has 1 fully saturated rings. The molecule has 0 saturated carbocycles. The first-order valence-electron chi connectivity index (χ1n) is 6.01. The number of carbonyl (C=O) groups is 2. The van der Waals surface area contributed by atoms with E-state index in [1.807, 2.05) is 11.4 Å². The Bertz CT molecular complexity index is 512. The molecule has 2 amide bonds. The first kappa shape index (κ1) is 14.3. The number of piperidine rings is 1. The van der Waals surface area contributed by atoms with Crippen molar-refractivity contribution in [2.75, 3.05) is 13.6 Å². The fourth-order valence-electron chi connectivity index (χ4n) is 1.95. The van der Waals surface area contributed by atoms with Crippen molar-refractivity contribution in [2.45, 2.75) is 18.9 Å². The minimum Gasteiger partial charge on any atom is -0.348 e. The summed E-state index contributed by atoms with van der Waals surface area (Å²) in [5.74, 6) is 0.0294. The van der Waals surface area contributed by atoms with E-state index in [0.717, 1.165) is 9.35 Å². The zero-order valence-corrected chi connectivity index (χ0v) is 13.0. The van der Waals surface area contributed by atoms with Crippen molar-refractivity contribution in [1.29, 1.82) is 0 Å². The lowest BCUT2D eigenvalue weighted by atomic mass is 10.1. The predicted octanol–water partition coefficient (Wildman–Crippen LogP) is 2.26. The Morgan fingerprint density at radius 1 is 1.63 bits per heavy atom. The summed E-state index contributed by atoms with van der Waals surface area (Å²) in [7, 11) is 1.76. The minimum atomic E-state index is -0.114. The molecule has 19 heavy (non-hydrogen) atoms. The monoisotopic (exact) mass is 342 g/mol. The second kappa shape index (κ2) is 6.34. The van der Waals surface area contributed by atoms with Gasteiger partial charge >= 0.3 is 0 Å². The van der Waals surface area contributed by atoms with E-state index < -0.39 is 0 Å². The van der Waals surface area contributed by atoms with Crippen molar-refractivity contribution in [3.8, 4) is 0 Å². The van der Waals surface area contributed by atoms with Crippen LogP contribution in [-0.2, 0) is 9.59 Å². The molecule has 0 radical (unpaired) electrons. The SMILES string of the molecule is CN1C[C@@H](NC(=O)/C=C/c2cc(Br)cs2)CCC1=O. The van der Waals surface area contributed by atoms with Crippen LogP contribution >= 0.6 is 27.3 Å². The number of hydrogen-bond donors (Lipinski definition) is 1. The zero-order valence-electron chi connectivity index (χ0n) is 10.6. The van der Waals surface area contributed by atoms with Gasteiger partial charge in [-0.2, -0.15) is 0 Å². The van der Waals surface area contributed by atoms with Crippen LogP contribution in [0.2, 0.25) is 0 Å². The van der Waals surface area contributed by atoms with E-state index in [-0.39, 0.29) is 17.9 Å². The number of likely N-dealkylation sites (tertiary alicyclic amines) is 1. The van der Waals surface area contributed by atoms with E-state index in [1.165, 1.54) is 6.08 Å². The Morgan fingerprint density at radius 2 is 2.42 bits per heavy atom. The highest BCUT2D eigenvalue weighted by Gasteiger charge is 2.23. The smallest absolute Gasteiger partial charge is 0.244 e. The molecule has 2 heterocycles. The maximum absolute atomic E-state index is 11.8. The molecule has 0 unspecified atom stereocenters. The summed E-state index contributed by atoms with van der Waals surface area (Å²) in [5.41, 5.74) is 0. The van der Waals surface area contributed by atoms with Gasteiger partial charge in [-0.15, -0.1) is 11.3 Å². The van der Waals surface area contributed by atoms with Gasteiger partial charge in [-0.1, -0.05) is 0 Å². The minimum absolute atomic E-state index is 0.0509. The van der Waals surface area contributed by atoms with Gasteiger partial charge in [0.1, 0.15) is 0 Å². The number of amides is 2. The van der Waals surface area contributed by atoms with Crippen molar-refractivity contribution in [3.63, 3.8) is 0 Å². The van der Waals surface area contributed by atoms with E-state index in [0.29, 0.717) is 19.4 Å². The van der Waals surface area contributed by atoms with Gasteiger partial charge in [0.2, 0.25) is 11.8 Å². The molecular formula is C13H15BrN2O2S. The highest BCUT2D eigenvalue weighted by molar-refractivity contribution is 9.10. The average molecular weight is 343 g/mol. The third-order valence-corrected chi connectivity index (χ3v) is 4.62. The molecule has 1 saturated heterocycles. The Labute approximate surface area is 124 Å². The van der Waals surface area contributed by atoms with Gasteiger partial charge in [0.25, 0.3) is 0 Å². The molecule has 0 aromatic carbocycles. The molecule has 1 aromatic rings. The lowest BCUT2D eigenvalue weighted by Gasteiger charge is -2.29. The summed E-state index contributed by atoms with van der Waals surface area (Å²) < 4.78 is 1.02. The maximum Gasteiger partial charge on any atom is 0.244 e. The molecule has 4 nitrogen and oxygen atoms in total. The Balaban J connectivity index is 1.84. The highest BCUT2D eigenvalue weighted by atomic mass is 79.9. The molecule has 0 spiro atoms.